The molecule has 146 valence electrons. The highest BCUT2D eigenvalue weighted by Gasteiger charge is 2.18. The molecule has 2 aliphatic heterocycles. The van der Waals surface area contributed by atoms with E-state index in [4.69, 9.17) is 4.74 Å². The number of benzene rings is 1. The Bertz CT molecular complexity index is 755. The normalized spacial score (nSPS) is 19.3. The molecule has 0 spiro atoms. The molecule has 1 saturated heterocycles. The summed E-state index contributed by atoms with van der Waals surface area (Å²) < 4.78 is 6.20. The van der Waals surface area contributed by atoms with Crippen molar-refractivity contribution in [2.75, 3.05) is 40.3 Å². The maximum atomic E-state index is 6.20. The van der Waals surface area contributed by atoms with Crippen LogP contribution in [0.3, 0.4) is 0 Å². The van der Waals surface area contributed by atoms with Crippen LogP contribution < -0.4 is 4.74 Å². The zero-order valence-corrected chi connectivity index (χ0v) is 17.5. The van der Waals surface area contributed by atoms with Crippen LogP contribution in [0.15, 0.2) is 48.3 Å². The molecule has 0 atom stereocenters. The van der Waals surface area contributed by atoms with E-state index in [0.717, 1.165) is 44.2 Å². The van der Waals surface area contributed by atoms with Crippen molar-refractivity contribution in [2.24, 2.45) is 0 Å². The Labute approximate surface area is 164 Å². The van der Waals surface area contributed by atoms with Crippen molar-refractivity contribution >= 4 is 5.57 Å². The molecular formula is C23H33N3O. The Kier molecular flexibility index (Phi) is 6.08. The number of rotatable bonds is 5. The van der Waals surface area contributed by atoms with E-state index >= 15 is 0 Å². The summed E-state index contributed by atoms with van der Waals surface area (Å²) in [7, 11) is 4.24. The van der Waals surface area contributed by atoms with Crippen LogP contribution in [-0.2, 0) is 6.54 Å². The average Bonchev–Trinajstić information content (AvgIpc) is 2.62. The summed E-state index contributed by atoms with van der Waals surface area (Å²) in [6, 6.07) is 6.65. The Hall–Kier alpha value is -2.04. The second kappa shape index (κ2) is 8.32. The number of hydrogen-bond acceptors (Lipinski definition) is 4. The minimum atomic E-state index is 0.159. The summed E-state index contributed by atoms with van der Waals surface area (Å²) in [5.74, 6) is 1.00. The molecular weight excluding hydrogens is 334 g/mol. The average molecular weight is 368 g/mol. The number of hydrogen-bond donors (Lipinski definition) is 0. The lowest BCUT2D eigenvalue weighted by Gasteiger charge is -2.33. The first-order valence-electron chi connectivity index (χ1n) is 9.86. The van der Waals surface area contributed by atoms with Crippen LogP contribution in [0.2, 0.25) is 0 Å². The van der Waals surface area contributed by atoms with Crippen LogP contribution in [0.4, 0.5) is 0 Å². The fraction of sp³-hybridized carbons (Fsp3) is 0.478. The molecule has 1 aromatic carbocycles. The standard InChI is InChI=1S/C23H33N3O/c1-17(2)27-23-14-20(22-13-18(3)19(4)25(6)15-22)7-8-21(23)16-26-11-9-24(5)10-12-26/h7-8,13-15,17H,4,9-12,16H2,1-3,5-6H3. The van der Waals surface area contributed by atoms with Gasteiger partial charge in [0.2, 0.25) is 0 Å². The fourth-order valence-corrected chi connectivity index (χ4v) is 3.55. The molecule has 0 saturated carbocycles. The number of ether oxygens (including phenoxy) is 1. The van der Waals surface area contributed by atoms with Gasteiger partial charge in [-0.1, -0.05) is 18.7 Å². The van der Waals surface area contributed by atoms with Crippen LogP contribution in [0.5, 0.6) is 5.75 Å². The molecule has 1 fully saturated rings. The van der Waals surface area contributed by atoms with Gasteiger partial charge in [-0.15, -0.1) is 0 Å². The molecule has 2 aliphatic rings. The smallest absolute Gasteiger partial charge is 0.124 e. The van der Waals surface area contributed by atoms with Gasteiger partial charge in [0.25, 0.3) is 0 Å². The predicted octanol–water partition coefficient (Wildman–Crippen LogP) is 3.97. The third kappa shape index (κ3) is 4.82. The van der Waals surface area contributed by atoms with Crippen molar-refractivity contribution in [1.82, 2.24) is 14.7 Å². The van der Waals surface area contributed by atoms with Crippen molar-refractivity contribution in [3.05, 3.63) is 59.5 Å². The lowest BCUT2D eigenvalue weighted by atomic mass is 9.98. The summed E-state index contributed by atoms with van der Waals surface area (Å²) in [5.41, 5.74) is 5.90. The first-order valence-corrected chi connectivity index (χ1v) is 9.86. The first-order chi connectivity index (χ1) is 12.8. The van der Waals surface area contributed by atoms with Gasteiger partial charge in [-0.05, 0) is 56.7 Å². The molecule has 0 unspecified atom stereocenters. The van der Waals surface area contributed by atoms with E-state index in [1.807, 2.05) is 7.05 Å². The van der Waals surface area contributed by atoms with Crippen LogP contribution in [0.1, 0.15) is 31.9 Å². The Morgan fingerprint density at radius 3 is 2.44 bits per heavy atom. The summed E-state index contributed by atoms with van der Waals surface area (Å²) in [6.45, 7) is 15.8. The summed E-state index contributed by atoms with van der Waals surface area (Å²) >= 11 is 0. The molecule has 2 heterocycles. The topological polar surface area (TPSA) is 19.0 Å². The molecule has 0 aliphatic carbocycles. The van der Waals surface area contributed by atoms with Crippen molar-refractivity contribution < 1.29 is 4.74 Å². The van der Waals surface area contributed by atoms with E-state index in [1.165, 1.54) is 22.3 Å². The maximum absolute atomic E-state index is 6.20. The van der Waals surface area contributed by atoms with Gasteiger partial charge in [0.05, 0.1) is 6.10 Å². The van der Waals surface area contributed by atoms with Crippen molar-refractivity contribution in [1.29, 1.82) is 0 Å². The zero-order chi connectivity index (χ0) is 19.6. The van der Waals surface area contributed by atoms with Gasteiger partial charge in [0.1, 0.15) is 5.75 Å². The molecule has 0 radical (unpaired) electrons. The highest BCUT2D eigenvalue weighted by Crippen LogP contribution is 2.31. The third-order valence-electron chi connectivity index (χ3n) is 5.34. The highest BCUT2D eigenvalue weighted by molar-refractivity contribution is 5.78. The first kappa shape index (κ1) is 19.7. The molecule has 0 amide bonds. The second-order valence-electron chi connectivity index (χ2n) is 8.04. The van der Waals surface area contributed by atoms with Crippen LogP contribution >= 0.6 is 0 Å². The monoisotopic (exact) mass is 367 g/mol. The van der Waals surface area contributed by atoms with E-state index in [1.54, 1.807) is 0 Å². The number of piperazine rings is 1. The van der Waals surface area contributed by atoms with E-state index in [0.29, 0.717) is 0 Å². The zero-order valence-electron chi connectivity index (χ0n) is 17.5. The summed E-state index contributed by atoms with van der Waals surface area (Å²) in [5, 5.41) is 0. The Balaban J connectivity index is 1.86. The van der Waals surface area contributed by atoms with Gasteiger partial charge < -0.3 is 14.5 Å². The maximum Gasteiger partial charge on any atom is 0.124 e. The van der Waals surface area contributed by atoms with Crippen molar-refractivity contribution in [2.45, 2.75) is 33.4 Å². The van der Waals surface area contributed by atoms with E-state index in [-0.39, 0.29) is 6.10 Å². The van der Waals surface area contributed by atoms with Crippen LogP contribution in [0.25, 0.3) is 5.57 Å². The van der Waals surface area contributed by atoms with E-state index < -0.39 is 0 Å². The molecule has 0 aromatic heterocycles. The minimum Gasteiger partial charge on any atom is -0.491 e. The predicted molar refractivity (Wildman–Crippen MR) is 114 cm³/mol. The van der Waals surface area contributed by atoms with Gasteiger partial charge in [0, 0.05) is 57.2 Å². The number of nitrogens with zero attached hydrogens (tertiary/aromatic N) is 3. The highest BCUT2D eigenvalue weighted by atomic mass is 16.5. The van der Waals surface area contributed by atoms with E-state index in [2.05, 4.69) is 79.6 Å². The molecule has 4 nitrogen and oxygen atoms in total. The van der Waals surface area contributed by atoms with Gasteiger partial charge in [-0.2, -0.15) is 0 Å². The fourth-order valence-electron chi connectivity index (χ4n) is 3.55. The Morgan fingerprint density at radius 1 is 1.11 bits per heavy atom. The number of likely N-dealkylation sites (N-methyl/N-ethyl adjacent to an activating group) is 2. The molecule has 27 heavy (non-hydrogen) atoms. The second-order valence-corrected chi connectivity index (χ2v) is 8.04. The quantitative estimate of drug-likeness (QED) is 0.784. The van der Waals surface area contributed by atoms with Crippen LogP contribution in [-0.4, -0.2) is 61.1 Å². The van der Waals surface area contributed by atoms with Gasteiger partial charge >= 0.3 is 0 Å². The van der Waals surface area contributed by atoms with Gasteiger partial charge in [0.15, 0.2) is 0 Å². The molecule has 3 rings (SSSR count). The largest absolute Gasteiger partial charge is 0.491 e. The minimum absolute atomic E-state index is 0.159. The van der Waals surface area contributed by atoms with E-state index in [9.17, 15) is 0 Å². The SMILES string of the molecule is C=C1C(C)=CC(c2ccc(CN3CCN(C)CC3)c(OC(C)C)c2)=CN1C. The number of allylic oxidation sites excluding steroid dienone is 3. The summed E-state index contributed by atoms with van der Waals surface area (Å²) in [6.07, 6.45) is 4.51. The third-order valence-corrected chi connectivity index (χ3v) is 5.34. The molecule has 0 N–H and O–H groups in total. The van der Waals surface area contributed by atoms with Crippen LogP contribution in [0, 0.1) is 0 Å². The lowest BCUT2D eigenvalue weighted by molar-refractivity contribution is 0.145. The Morgan fingerprint density at radius 2 is 1.81 bits per heavy atom. The van der Waals surface area contributed by atoms with Crippen molar-refractivity contribution in [3.63, 3.8) is 0 Å². The van der Waals surface area contributed by atoms with Crippen molar-refractivity contribution in [3.8, 4) is 5.75 Å². The summed E-state index contributed by atoms with van der Waals surface area (Å²) in [4.78, 5) is 7.00. The molecule has 4 heteroatoms. The van der Waals surface area contributed by atoms with Gasteiger partial charge in [-0.3, -0.25) is 4.90 Å². The lowest BCUT2D eigenvalue weighted by Crippen LogP contribution is -2.43. The van der Waals surface area contributed by atoms with Gasteiger partial charge in [-0.25, -0.2) is 0 Å². The molecule has 1 aromatic rings. The molecule has 0 bridgehead atoms.